The van der Waals surface area contributed by atoms with E-state index in [1.54, 1.807) is 0 Å². The Bertz CT molecular complexity index is 146. The monoisotopic (exact) mass is 154 g/mol. The van der Waals surface area contributed by atoms with Gasteiger partial charge in [-0.3, -0.25) is 0 Å². The van der Waals surface area contributed by atoms with Gasteiger partial charge in [0.15, 0.2) is 0 Å². The largest absolute Gasteiger partial charge is 0.327 e. The third-order valence-corrected chi connectivity index (χ3v) is 3.44. The van der Waals surface area contributed by atoms with Crippen LogP contribution in [0.4, 0.5) is 0 Å². The van der Waals surface area contributed by atoms with E-state index in [1.807, 2.05) is 0 Å². The van der Waals surface area contributed by atoms with Gasteiger partial charge in [-0.1, -0.05) is 6.92 Å². The van der Waals surface area contributed by atoms with Crippen molar-refractivity contribution in [1.29, 1.82) is 0 Å². The Morgan fingerprint density at radius 3 is 2.82 bits per heavy atom. The summed E-state index contributed by atoms with van der Waals surface area (Å²) in [6, 6.07) is 0.511. The maximum absolute atomic E-state index is 6.01. The molecule has 1 saturated carbocycles. The molecule has 0 unspecified atom stereocenters. The van der Waals surface area contributed by atoms with Gasteiger partial charge in [-0.2, -0.15) is 0 Å². The Kier molecular flexibility index (Phi) is 1.90. The molecule has 0 aromatic rings. The van der Waals surface area contributed by atoms with Crippen molar-refractivity contribution in [2.24, 2.45) is 17.6 Å². The molecule has 0 amide bonds. The van der Waals surface area contributed by atoms with Gasteiger partial charge in [0.1, 0.15) is 0 Å². The van der Waals surface area contributed by atoms with Crippen molar-refractivity contribution < 1.29 is 0 Å². The van der Waals surface area contributed by atoms with Crippen molar-refractivity contribution in [3.63, 3.8) is 0 Å². The smallest absolute Gasteiger partial charge is 0.00826 e. The standard InChI is InChI=1S/C9H18N2/c1-2-11-5-7-3-4-9(10)8(7)6-11/h7-9H,2-6,10H2,1H3/t7-,8+,9-/m0/s1. The molecule has 0 aromatic carbocycles. The highest BCUT2D eigenvalue weighted by Gasteiger charge is 2.40. The lowest BCUT2D eigenvalue weighted by Gasteiger charge is -2.15. The zero-order chi connectivity index (χ0) is 7.84. The van der Waals surface area contributed by atoms with Crippen LogP contribution >= 0.6 is 0 Å². The van der Waals surface area contributed by atoms with Gasteiger partial charge >= 0.3 is 0 Å². The normalized spacial score (nSPS) is 44.7. The van der Waals surface area contributed by atoms with E-state index >= 15 is 0 Å². The first-order valence-electron chi connectivity index (χ1n) is 4.79. The lowest BCUT2D eigenvalue weighted by atomic mass is 9.98. The van der Waals surface area contributed by atoms with E-state index in [9.17, 15) is 0 Å². The fraction of sp³-hybridized carbons (Fsp3) is 1.00. The summed E-state index contributed by atoms with van der Waals surface area (Å²) in [5, 5.41) is 0. The van der Waals surface area contributed by atoms with Crippen molar-refractivity contribution in [1.82, 2.24) is 4.90 Å². The average molecular weight is 154 g/mol. The van der Waals surface area contributed by atoms with Gasteiger partial charge in [-0.05, 0) is 31.2 Å². The molecule has 1 aliphatic heterocycles. The summed E-state index contributed by atoms with van der Waals surface area (Å²) in [7, 11) is 0. The maximum atomic E-state index is 6.01. The van der Waals surface area contributed by atoms with E-state index in [4.69, 9.17) is 5.73 Å². The lowest BCUT2D eigenvalue weighted by Crippen LogP contribution is -2.30. The predicted octanol–water partition coefficient (Wildman–Crippen LogP) is 0.675. The molecule has 0 aromatic heterocycles. The number of hydrogen-bond donors (Lipinski definition) is 1. The number of nitrogens with two attached hydrogens (primary N) is 1. The highest BCUT2D eigenvalue weighted by molar-refractivity contribution is 4.95. The SMILES string of the molecule is CCN1C[C@@H]2CC[C@H](N)[C@@H]2C1. The molecule has 0 radical (unpaired) electrons. The summed E-state index contributed by atoms with van der Waals surface area (Å²) in [6.45, 7) is 6.03. The number of nitrogens with zero attached hydrogens (tertiary/aromatic N) is 1. The van der Waals surface area contributed by atoms with Gasteiger partial charge < -0.3 is 10.6 Å². The van der Waals surface area contributed by atoms with Gasteiger partial charge in [0.25, 0.3) is 0 Å². The minimum absolute atomic E-state index is 0.511. The van der Waals surface area contributed by atoms with E-state index in [0.717, 1.165) is 11.8 Å². The zero-order valence-electron chi connectivity index (χ0n) is 7.29. The van der Waals surface area contributed by atoms with Crippen LogP contribution in [0.5, 0.6) is 0 Å². The molecule has 0 spiro atoms. The summed E-state index contributed by atoms with van der Waals surface area (Å²) in [5.74, 6) is 1.76. The molecule has 3 atom stereocenters. The van der Waals surface area contributed by atoms with Gasteiger partial charge in [-0.15, -0.1) is 0 Å². The first-order valence-corrected chi connectivity index (χ1v) is 4.79. The van der Waals surface area contributed by atoms with Crippen LogP contribution in [0.3, 0.4) is 0 Å². The summed E-state index contributed by atoms with van der Waals surface area (Å²) >= 11 is 0. The fourth-order valence-corrected chi connectivity index (χ4v) is 2.66. The van der Waals surface area contributed by atoms with E-state index in [2.05, 4.69) is 11.8 Å². The summed E-state index contributed by atoms with van der Waals surface area (Å²) in [5.41, 5.74) is 6.01. The lowest BCUT2D eigenvalue weighted by molar-refractivity contribution is 0.322. The maximum Gasteiger partial charge on any atom is 0.00826 e. The third-order valence-electron chi connectivity index (χ3n) is 3.44. The molecule has 1 saturated heterocycles. The fourth-order valence-electron chi connectivity index (χ4n) is 2.66. The van der Waals surface area contributed by atoms with Gasteiger partial charge in [0.2, 0.25) is 0 Å². The summed E-state index contributed by atoms with van der Waals surface area (Å²) in [4.78, 5) is 2.54. The number of fused-ring (bicyclic) bond motifs is 1. The summed E-state index contributed by atoms with van der Waals surface area (Å²) in [6.07, 6.45) is 2.65. The molecule has 2 heteroatoms. The van der Waals surface area contributed by atoms with Gasteiger partial charge in [0, 0.05) is 19.1 Å². The second-order valence-electron chi connectivity index (χ2n) is 4.02. The second-order valence-corrected chi connectivity index (χ2v) is 4.02. The second kappa shape index (κ2) is 2.76. The molecule has 1 aliphatic carbocycles. The van der Waals surface area contributed by atoms with Gasteiger partial charge in [-0.25, -0.2) is 0 Å². The molecule has 2 aliphatic rings. The topological polar surface area (TPSA) is 29.3 Å². The van der Waals surface area contributed by atoms with Gasteiger partial charge in [0.05, 0.1) is 0 Å². The van der Waals surface area contributed by atoms with E-state index in [-0.39, 0.29) is 0 Å². The Hall–Kier alpha value is -0.0800. The Morgan fingerprint density at radius 1 is 1.36 bits per heavy atom. The Labute approximate surface area is 68.7 Å². The van der Waals surface area contributed by atoms with Crippen molar-refractivity contribution in [2.75, 3.05) is 19.6 Å². The molecule has 11 heavy (non-hydrogen) atoms. The van der Waals surface area contributed by atoms with Crippen LogP contribution in [-0.2, 0) is 0 Å². The van der Waals surface area contributed by atoms with E-state index < -0.39 is 0 Å². The molecule has 0 bridgehead atoms. The molecular weight excluding hydrogens is 136 g/mol. The molecule has 64 valence electrons. The van der Waals surface area contributed by atoms with Crippen LogP contribution in [0.25, 0.3) is 0 Å². The van der Waals surface area contributed by atoms with Crippen molar-refractivity contribution in [3.05, 3.63) is 0 Å². The Balaban J connectivity index is 1.98. The quantitative estimate of drug-likeness (QED) is 0.601. The number of likely N-dealkylation sites (tertiary alicyclic amines) is 1. The van der Waals surface area contributed by atoms with E-state index in [0.29, 0.717) is 6.04 Å². The average Bonchev–Trinajstić information content (AvgIpc) is 2.53. The van der Waals surface area contributed by atoms with Crippen LogP contribution in [0.15, 0.2) is 0 Å². The number of hydrogen-bond acceptors (Lipinski definition) is 2. The third kappa shape index (κ3) is 1.18. The molecule has 2 rings (SSSR count). The zero-order valence-corrected chi connectivity index (χ0v) is 7.29. The van der Waals surface area contributed by atoms with Crippen molar-refractivity contribution in [2.45, 2.75) is 25.8 Å². The minimum atomic E-state index is 0.511. The molecule has 1 heterocycles. The van der Waals surface area contributed by atoms with Crippen molar-refractivity contribution >= 4 is 0 Å². The molecular formula is C9H18N2. The number of rotatable bonds is 1. The van der Waals surface area contributed by atoms with Crippen molar-refractivity contribution in [3.8, 4) is 0 Å². The highest BCUT2D eigenvalue weighted by Crippen LogP contribution is 2.36. The Morgan fingerprint density at radius 2 is 2.18 bits per heavy atom. The predicted molar refractivity (Wildman–Crippen MR) is 46.3 cm³/mol. The van der Waals surface area contributed by atoms with Crippen LogP contribution in [0.1, 0.15) is 19.8 Å². The first kappa shape index (κ1) is 7.56. The van der Waals surface area contributed by atoms with Crippen LogP contribution in [0, 0.1) is 11.8 Å². The van der Waals surface area contributed by atoms with E-state index in [1.165, 1.54) is 32.5 Å². The van der Waals surface area contributed by atoms with Crippen LogP contribution in [-0.4, -0.2) is 30.6 Å². The molecule has 2 fully saturated rings. The highest BCUT2D eigenvalue weighted by atomic mass is 15.2. The van der Waals surface area contributed by atoms with Crippen LogP contribution in [0.2, 0.25) is 0 Å². The molecule has 2 N–H and O–H groups in total. The molecule has 2 nitrogen and oxygen atoms in total. The minimum Gasteiger partial charge on any atom is -0.327 e. The summed E-state index contributed by atoms with van der Waals surface area (Å²) < 4.78 is 0. The van der Waals surface area contributed by atoms with Crippen LogP contribution < -0.4 is 5.73 Å². The first-order chi connectivity index (χ1) is 5.31.